The maximum Gasteiger partial charge on any atom is 0.225 e. The number of nitrogens with one attached hydrogen (secondary N) is 4. The third-order valence-electron chi connectivity index (χ3n) is 6.64. The highest BCUT2D eigenvalue weighted by atomic mass is 16.3. The van der Waals surface area contributed by atoms with Gasteiger partial charge in [0.1, 0.15) is 0 Å². The molecule has 3 aromatic rings. The van der Waals surface area contributed by atoms with E-state index in [1.165, 1.54) is 0 Å². The highest BCUT2D eigenvalue weighted by molar-refractivity contribution is 5.86. The second-order valence-electron chi connectivity index (χ2n) is 10.1. The van der Waals surface area contributed by atoms with Crippen LogP contribution in [0.15, 0.2) is 60.8 Å². The van der Waals surface area contributed by atoms with Crippen molar-refractivity contribution >= 4 is 28.6 Å². The Bertz CT molecular complexity index is 1190. The Morgan fingerprint density at radius 2 is 1.67 bits per heavy atom. The molecule has 0 bridgehead atoms. The van der Waals surface area contributed by atoms with Gasteiger partial charge in [0.15, 0.2) is 0 Å². The van der Waals surface area contributed by atoms with E-state index in [0.717, 1.165) is 34.9 Å². The van der Waals surface area contributed by atoms with Gasteiger partial charge in [-0.05, 0) is 49.9 Å². The van der Waals surface area contributed by atoms with Crippen molar-refractivity contribution in [3.8, 4) is 0 Å². The summed E-state index contributed by atoms with van der Waals surface area (Å²) in [6.45, 7) is 2.45. The van der Waals surface area contributed by atoms with Crippen LogP contribution in [0.2, 0.25) is 0 Å². The Kier molecular flexibility index (Phi) is 12.0. The van der Waals surface area contributed by atoms with Crippen molar-refractivity contribution in [2.75, 3.05) is 19.6 Å². The van der Waals surface area contributed by atoms with Crippen LogP contribution >= 0.6 is 0 Å². The average molecular weight is 536 g/mol. The number of nitrogens with two attached hydrogens (primary N) is 1. The maximum atomic E-state index is 13.6. The third-order valence-corrected chi connectivity index (χ3v) is 6.64. The van der Waals surface area contributed by atoms with E-state index in [2.05, 4.69) is 20.9 Å². The van der Waals surface area contributed by atoms with Gasteiger partial charge in [-0.1, -0.05) is 55.0 Å². The van der Waals surface area contributed by atoms with Crippen LogP contribution in [0.25, 0.3) is 10.9 Å². The maximum absolute atomic E-state index is 13.6. The molecule has 0 aliphatic carbocycles. The summed E-state index contributed by atoms with van der Waals surface area (Å²) in [6.07, 6.45) is 4.16. The van der Waals surface area contributed by atoms with Crippen molar-refractivity contribution in [1.82, 2.24) is 20.9 Å². The number of hydrogen-bond donors (Lipinski definition) is 6. The lowest BCUT2D eigenvalue weighted by Crippen LogP contribution is -2.46. The predicted octanol–water partition coefficient (Wildman–Crippen LogP) is 2.19. The molecule has 0 radical (unpaired) electrons. The molecule has 0 unspecified atom stereocenters. The second-order valence-corrected chi connectivity index (χ2v) is 10.1. The van der Waals surface area contributed by atoms with Gasteiger partial charge in [-0.2, -0.15) is 0 Å². The van der Waals surface area contributed by atoms with Gasteiger partial charge in [0.25, 0.3) is 0 Å². The zero-order valence-corrected chi connectivity index (χ0v) is 22.6. The number of H-pyrrole nitrogens is 1. The highest BCUT2D eigenvalue weighted by Crippen LogP contribution is 2.21. The molecule has 3 amide bonds. The monoisotopic (exact) mass is 535 g/mol. The first-order valence-electron chi connectivity index (χ1n) is 13.7. The predicted molar refractivity (Wildman–Crippen MR) is 153 cm³/mol. The van der Waals surface area contributed by atoms with E-state index >= 15 is 0 Å². The minimum absolute atomic E-state index is 0.100. The lowest BCUT2D eigenvalue weighted by atomic mass is 9.96. The van der Waals surface area contributed by atoms with E-state index in [1.54, 1.807) is 6.92 Å². The summed E-state index contributed by atoms with van der Waals surface area (Å²) < 4.78 is 0. The number of carbonyl (C=O) groups is 3. The normalized spacial score (nSPS) is 13.4. The Balaban J connectivity index is 1.71. The standard InChI is InChI=1S/C30H41N5O4/c1-21(36)18-33-29(38)17-25(11-7-8-14-31)35-30(39)24(16-23-19-32-27-13-6-5-12-26(23)27)20-34-28(37)15-22-9-3-2-4-10-22/h2-6,9-10,12-13,19,21,24-25,32,36H,7-8,11,14-18,20,31H2,1H3,(H,33,38)(H,34,37)(H,35,39)/t21-,24+,25+/m1/s1. The molecular formula is C30H41N5O4. The average Bonchev–Trinajstić information content (AvgIpc) is 3.33. The number of benzene rings is 2. The fourth-order valence-corrected chi connectivity index (χ4v) is 4.54. The van der Waals surface area contributed by atoms with Gasteiger partial charge in [0, 0.05) is 42.7 Å². The van der Waals surface area contributed by atoms with Gasteiger partial charge >= 0.3 is 0 Å². The molecule has 9 nitrogen and oxygen atoms in total. The van der Waals surface area contributed by atoms with E-state index < -0.39 is 12.0 Å². The van der Waals surface area contributed by atoms with Gasteiger partial charge in [0.05, 0.1) is 18.4 Å². The largest absolute Gasteiger partial charge is 0.392 e. The summed E-state index contributed by atoms with van der Waals surface area (Å²) in [5.74, 6) is -1.16. The second kappa shape index (κ2) is 15.7. The number of para-hydroxylation sites is 1. The smallest absolute Gasteiger partial charge is 0.225 e. The number of aliphatic hydroxyl groups excluding tert-OH is 1. The Hall–Kier alpha value is -3.69. The molecule has 7 N–H and O–H groups in total. The first-order valence-corrected chi connectivity index (χ1v) is 13.7. The van der Waals surface area contributed by atoms with Crippen molar-refractivity contribution in [1.29, 1.82) is 0 Å². The van der Waals surface area contributed by atoms with Gasteiger partial charge in [-0.25, -0.2) is 0 Å². The van der Waals surface area contributed by atoms with Gasteiger partial charge in [-0.3, -0.25) is 14.4 Å². The number of fused-ring (bicyclic) bond motifs is 1. The van der Waals surface area contributed by atoms with Crippen molar-refractivity contribution in [2.24, 2.45) is 11.7 Å². The number of aliphatic hydroxyl groups is 1. The van der Waals surface area contributed by atoms with Crippen molar-refractivity contribution in [3.05, 3.63) is 71.9 Å². The van der Waals surface area contributed by atoms with Crippen LogP contribution in [-0.4, -0.2) is 59.6 Å². The van der Waals surface area contributed by atoms with Gasteiger partial charge < -0.3 is 31.8 Å². The summed E-state index contributed by atoms with van der Waals surface area (Å²) in [7, 11) is 0. The molecule has 9 heteroatoms. The van der Waals surface area contributed by atoms with Crippen LogP contribution in [0, 0.1) is 5.92 Å². The number of amides is 3. The Labute approximate surface area is 229 Å². The number of unbranched alkanes of at least 4 members (excludes halogenated alkanes) is 1. The van der Waals surface area contributed by atoms with Crippen molar-refractivity contribution in [3.63, 3.8) is 0 Å². The summed E-state index contributed by atoms with van der Waals surface area (Å²) in [5, 5.41) is 19.2. The summed E-state index contributed by atoms with van der Waals surface area (Å²) >= 11 is 0. The molecule has 3 rings (SSSR count). The van der Waals surface area contributed by atoms with E-state index in [1.807, 2.05) is 60.8 Å². The molecule has 3 atom stereocenters. The molecule has 0 fully saturated rings. The van der Waals surface area contributed by atoms with Crippen LogP contribution in [0.4, 0.5) is 0 Å². The molecule has 39 heavy (non-hydrogen) atoms. The third kappa shape index (κ3) is 10.2. The summed E-state index contributed by atoms with van der Waals surface area (Å²) in [6, 6.07) is 17.0. The first kappa shape index (κ1) is 29.9. The number of carbonyl (C=O) groups excluding carboxylic acids is 3. The minimum atomic E-state index is -0.653. The number of aromatic nitrogens is 1. The van der Waals surface area contributed by atoms with Crippen molar-refractivity contribution < 1.29 is 19.5 Å². The lowest BCUT2D eigenvalue weighted by molar-refractivity contribution is -0.126. The number of hydrogen-bond acceptors (Lipinski definition) is 5. The van der Waals surface area contributed by atoms with E-state index in [9.17, 15) is 19.5 Å². The highest BCUT2D eigenvalue weighted by Gasteiger charge is 2.25. The fraction of sp³-hybridized carbons (Fsp3) is 0.433. The van der Waals surface area contributed by atoms with Crippen LogP contribution < -0.4 is 21.7 Å². The molecule has 2 aromatic carbocycles. The number of rotatable bonds is 16. The Morgan fingerprint density at radius 3 is 2.41 bits per heavy atom. The van der Waals surface area contributed by atoms with Crippen LogP contribution in [0.5, 0.6) is 0 Å². The topological polar surface area (TPSA) is 149 Å². The minimum Gasteiger partial charge on any atom is -0.392 e. The summed E-state index contributed by atoms with van der Waals surface area (Å²) in [4.78, 5) is 42.0. The van der Waals surface area contributed by atoms with E-state index in [4.69, 9.17) is 5.73 Å². The van der Waals surface area contributed by atoms with E-state index in [-0.39, 0.29) is 49.7 Å². The van der Waals surface area contributed by atoms with E-state index in [0.29, 0.717) is 19.4 Å². The lowest BCUT2D eigenvalue weighted by Gasteiger charge is -2.23. The fourth-order valence-electron chi connectivity index (χ4n) is 4.54. The zero-order chi connectivity index (χ0) is 28.0. The van der Waals surface area contributed by atoms with Crippen LogP contribution in [0.3, 0.4) is 0 Å². The SMILES string of the molecule is C[C@@H](O)CNC(=O)C[C@H](CCCCN)NC(=O)[C@H](CNC(=O)Cc1ccccc1)Cc1c[nH]c2ccccc12. The summed E-state index contributed by atoms with van der Waals surface area (Å²) in [5.41, 5.74) is 8.52. The number of aromatic amines is 1. The molecule has 0 aliphatic heterocycles. The molecular weight excluding hydrogens is 494 g/mol. The molecule has 0 saturated carbocycles. The Morgan fingerprint density at radius 1 is 0.949 bits per heavy atom. The first-order chi connectivity index (χ1) is 18.9. The quantitative estimate of drug-likeness (QED) is 0.156. The molecule has 210 valence electrons. The van der Waals surface area contributed by atoms with Gasteiger partial charge in [-0.15, -0.1) is 0 Å². The molecule has 1 heterocycles. The van der Waals surface area contributed by atoms with Crippen LogP contribution in [0.1, 0.15) is 43.7 Å². The molecule has 1 aromatic heterocycles. The van der Waals surface area contributed by atoms with Crippen molar-refractivity contribution in [2.45, 2.75) is 57.6 Å². The molecule has 0 aliphatic rings. The van der Waals surface area contributed by atoms with Gasteiger partial charge in [0.2, 0.25) is 17.7 Å². The molecule has 0 saturated heterocycles. The zero-order valence-electron chi connectivity index (χ0n) is 22.6. The molecule has 0 spiro atoms. The van der Waals surface area contributed by atoms with Crippen LogP contribution in [-0.2, 0) is 27.2 Å².